The molecule has 1 saturated heterocycles. The van der Waals surface area contributed by atoms with Crippen molar-refractivity contribution >= 4 is 22.4 Å². The molecule has 0 amide bonds. The van der Waals surface area contributed by atoms with E-state index in [2.05, 4.69) is 9.88 Å². The van der Waals surface area contributed by atoms with Crippen molar-refractivity contribution in [2.24, 2.45) is 0 Å². The summed E-state index contributed by atoms with van der Waals surface area (Å²) in [4.78, 5) is 19.2. The third-order valence-corrected chi connectivity index (χ3v) is 5.52. The van der Waals surface area contributed by atoms with Gasteiger partial charge in [-0.25, -0.2) is 4.98 Å². The van der Waals surface area contributed by atoms with Gasteiger partial charge in [-0.1, -0.05) is 0 Å². The number of fused-ring (bicyclic) bond motifs is 1. The summed E-state index contributed by atoms with van der Waals surface area (Å²) in [5.74, 6) is -1.21. The number of carbonyl (C=O) groups is 1. The van der Waals surface area contributed by atoms with Crippen LogP contribution < -0.4 is 4.90 Å². The summed E-state index contributed by atoms with van der Waals surface area (Å²) in [5.41, 5.74) is 0.767. The number of aryl methyl sites for hydroxylation is 1. The average molecular weight is 312 g/mol. The van der Waals surface area contributed by atoms with Crippen LogP contribution in [0.25, 0.3) is 0 Å². The first-order valence-corrected chi connectivity index (χ1v) is 7.98. The maximum absolute atomic E-state index is 11.4. The molecule has 3 atom stereocenters. The molecule has 2 heterocycles. The van der Waals surface area contributed by atoms with Gasteiger partial charge >= 0.3 is 5.97 Å². The molecule has 1 N–H and O–H groups in total. The first-order chi connectivity index (χ1) is 10.1. The van der Waals surface area contributed by atoms with Crippen molar-refractivity contribution in [3.8, 4) is 0 Å². The highest BCUT2D eigenvalue weighted by atomic mass is 32.1. The van der Waals surface area contributed by atoms with E-state index in [1.54, 1.807) is 25.6 Å². The topological polar surface area (TPSA) is 71.9 Å². The van der Waals surface area contributed by atoms with Gasteiger partial charge in [0.2, 0.25) is 0 Å². The molecule has 0 aromatic carbocycles. The Labute approximate surface area is 127 Å². The number of carboxylic acid groups (broad SMARTS) is 1. The Morgan fingerprint density at radius 3 is 2.57 bits per heavy atom. The van der Waals surface area contributed by atoms with Gasteiger partial charge in [0.05, 0.1) is 5.69 Å². The summed E-state index contributed by atoms with van der Waals surface area (Å²) in [5, 5.41) is 10.2. The van der Waals surface area contributed by atoms with Crippen LogP contribution >= 0.6 is 11.3 Å². The summed E-state index contributed by atoms with van der Waals surface area (Å²) in [7, 11) is 3.38. The van der Waals surface area contributed by atoms with Gasteiger partial charge in [0.25, 0.3) is 0 Å². The van der Waals surface area contributed by atoms with Crippen LogP contribution in [0.15, 0.2) is 0 Å². The van der Waals surface area contributed by atoms with E-state index < -0.39 is 11.9 Å². The van der Waals surface area contributed by atoms with Gasteiger partial charge in [0.1, 0.15) is 18.1 Å². The van der Waals surface area contributed by atoms with Crippen molar-refractivity contribution in [3.63, 3.8) is 0 Å². The fourth-order valence-corrected chi connectivity index (χ4v) is 4.32. The highest BCUT2D eigenvalue weighted by molar-refractivity contribution is 7.15. The van der Waals surface area contributed by atoms with Gasteiger partial charge in [-0.15, -0.1) is 11.3 Å². The molecule has 1 aromatic heterocycles. The van der Waals surface area contributed by atoms with Gasteiger partial charge in [-0.3, -0.25) is 4.79 Å². The van der Waals surface area contributed by atoms with Crippen molar-refractivity contribution in [2.75, 3.05) is 32.2 Å². The second kappa shape index (κ2) is 5.90. The molecule has 116 valence electrons. The van der Waals surface area contributed by atoms with E-state index in [1.807, 2.05) is 0 Å². The summed E-state index contributed by atoms with van der Waals surface area (Å²) in [6.45, 7) is 1.47. The smallest absolute Gasteiger partial charge is 0.312 e. The number of carboxylic acids is 1. The van der Waals surface area contributed by atoms with Crippen molar-refractivity contribution in [1.29, 1.82) is 0 Å². The van der Waals surface area contributed by atoms with Crippen LogP contribution in [-0.2, 0) is 20.7 Å². The number of rotatable bonds is 4. The van der Waals surface area contributed by atoms with E-state index in [4.69, 9.17) is 9.47 Å². The molecular formula is C14H20N2O4S. The van der Waals surface area contributed by atoms with E-state index in [1.165, 1.54) is 0 Å². The Kier molecular flexibility index (Phi) is 4.14. The van der Waals surface area contributed by atoms with Crippen LogP contribution in [0.4, 0.5) is 5.13 Å². The number of thiazole rings is 1. The number of ether oxygens (including phenoxy) is 2. The molecule has 21 heavy (non-hydrogen) atoms. The average Bonchev–Trinajstić information content (AvgIpc) is 3.09. The lowest BCUT2D eigenvalue weighted by Crippen LogP contribution is -2.27. The number of anilines is 1. The Morgan fingerprint density at radius 2 is 2.00 bits per heavy atom. The SMILES string of the molecule is COC1CN(c2nc3c(s2)CCCC3C(=O)O)CC1OC. The number of methoxy groups -OCH3 is 2. The number of aromatic nitrogens is 1. The molecule has 0 radical (unpaired) electrons. The predicted molar refractivity (Wildman–Crippen MR) is 79.2 cm³/mol. The fraction of sp³-hybridized carbons (Fsp3) is 0.714. The van der Waals surface area contributed by atoms with Crippen molar-refractivity contribution in [1.82, 2.24) is 4.98 Å². The van der Waals surface area contributed by atoms with Gasteiger partial charge in [0.15, 0.2) is 5.13 Å². The van der Waals surface area contributed by atoms with Crippen LogP contribution in [0.2, 0.25) is 0 Å². The number of aliphatic carboxylic acids is 1. The molecule has 3 unspecified atom stereocenters. The van der Waals surface area contributed by atoms with Crippen LogP contribution in [0.3, 0.4) is 0 Å². The summed E-state index contributed by atoms with van der Waals surface area (Å²) >= 11 is 1.62. The Hall–Kier alpha value is -1.18. The normalized spacial score (nSPS) is 28.7. The molecule has 1 aliphatic heterocycles. The van der Waals surface area contributed by atoms with Crippen molar-refractivity contribution in [2.45, 2.75) is 37.4 Å². The third-order valence-electron chi connectivity index (χ3n) is 4.33. The first kappa shape index (κ1) is 14.7. The minimum Gasteiger partial charge on any atom is -0.481 e. The maximum atomic E-state index is 11.4. The lowest BCUT2D eigenvalue weighted by molar-refractivity contribution is -0.139. The zero-order valence-corrected chi connectivity index (χ0v) is 13.1. The lowest BCUT2D eigenvalue weighted by atomic mass is 9.91. The standard InChI is InChI=1S/C14H20N2O4S/c1-19-9-6-16(7-10(9)20-2)14-15-12-8(13(17)18)4-3-5-11(12)21-14/h8-10H,3-7H2,1-2H3,(H,17,18). The van der Waals surface area contributed by atoms with Crippen molar-refractivity contribution < 1.29 is 19.4 Å². The number of hydrogen-bond donors (Lipinski definition) is 1. The van der Waals surface area contributed by atoms with E-state index in [9.17, 15) is 9.90 Å². The highest BCUT2D eigenvalue weighted by Crippen LogP contribution is 2.39. The molecule has 0 spiro atoms. The predicted octanol–water partition coefficient (Wildman–Crippen LogP) is 1.50. The molecule has 3 rings (SSSR count). The minimum atomic E-state index is -0.765. The molecule has 1 aromatic rings. The van der Waals surface area contributed by atoms with E-state index in [-0.39, 0.29) is 12.2 Å². The molecule has 6 nitrogen and oxygen atoms in total. The molecule has 1 aliphatic carbocycles. The summed E-state index contributed by atoms with van der Waals surface area (Å²) in [6, 6.07) is 0. The number of hydrogen-bond acceptors (Lipinski definition) is 6. The monoisotopic (exact) mass is 312 g/mol. The van der Waals surface area contributed by atoms with E-state index >= 15 is 0 Å². The van der Waals surface area contributed by atoms with E-state index in [0.717, 1.165) is 41.6 Å². The zero-order valence-electron chi connectivity index (χ0n) is 12.2. The Balaban J connectivity index is 1.83. The summed E-state index contributed by atoms with van der Waals surface area (Å²) in [6.07, 6.45) is 2.61. The highest BCUT2D eigenvalue weighted by Gasteiger charge is 2.36. The summed E-state index contributed by atoms with van der Waals surface area (Å²) < 4.78 is 10.9. The number of nitrogens with zero attached hydrogens (tertiary/aromatic N) is 2. The Bertz CT molecular complexity index is 521. The molecule has 7 heteroatoms. The van der Waals surface area contributed by atoms with Gasteiger partial charge in [-0.2, -0.15) is 0 Å². The third kappa shape index (κ3) is 2.65. The van der Waals surface area contributed by atoms with Gasteiger partial charge < -0.3 is 19.5 Å². The van der Waals surface area contributed by atoms with E-state index in [0.29, 0.717) is 6.42 Å². The molecule has 1 fully saturated rings. The second-order valence-electron chi connectivity index (χ2n) is 5.54. The van der Waals surface area contributed by atoms with Gasteiger partial charge in [0, 0.05) is 32.2 Å². The van der Waals surface area contributed by atoms with Crippen molar-refractivity contribution in [3.05, 3.63) is 10.6 Å². The van der Waals surface area contributed by atoms with Crippen LogP contribution in [0.1, 0.15) is 29.3 Å². The molecule has 0 bridgehead atoms. The van der Waals surface area contributed by atoms with Crippen LogP contribution in [0, 0.1) is 0 Å². The minimum absolute atomic E-state index is 0.0335. The van der Waals surface area contributed by atoms with Crippen LogP contribution in [0.5, 0.6) is 0 Å². The zero-order chi connectivity index (χ0) is 15.0. The second-order valence-corrected chi connectivity index (χ2v) is 6.60. The van der Waals surface area contributed by atoms with Gasteiger partial charge in [-0.05, 0) is 19.3 Å². The maximum Gasteiger partial charge on any atom is 0.312 e. The molecule has 0 saturated carbocycles. The quantitative estimate of drug-likeness (QED) is 0.908. The van der Waals surface area contributed by atoms with Crippen LogP contribution in [-0.4, -0.2) is 55.6 Å². The molecule has 2 aliphatic rings. The largest absolute Gasteiger partial charge is 0.481 e. The fourth-order valence-electron chi connectivity index (χ4n) is 3.13. The lowest BCUT2D eigenvalue weighted by Gasteiger charge is -2.16. The molecular weight excluding hydrogens is 292 g/mol. The first-order valence-electron chi connectivity index (χ1n) is 7.17. The Morgan fingerprint density at radius 1 is 1.33 bits per heavy atom.